The van der Waals surface area contributed by atoms with Gasteiger partial charge in [-0.25, -0.2) is 4.79 Å². The SMILES string of the molecule is C[C@@H](N)Cn1cccn1.C[C@H](Cn1cccn1)NC(=O)OC(C)(C)C. The molecule has 3 N–H and O–H groups in total. The molecule has 1 amide bonds. The molecule has 0 aromatic carbocycles. The van der Waals surface area contributed by atoms with Crippen LogP contribution in [0.4, 0.5) is 4.79 Å². The van der Waals surface area contributed by atoms with E-state index in [-0.39, 0.29) is 12.1 Å². The number of rotatable bonds is 5. The van der Waals surface area contributed by atoms with Gasteiger partial charge in [-0.3, -0.25) is 9.36 Å². The lowest BCUT2D eigenvalue weighted by Crippen LogP contribution is -2.39. The van der Waals surface area contributed by atoms with Crippen molar-refractivity contribution in [1.29, 1.82) is 0 Å². The van der Waals surface area contributed by atoms with E-state index in [1.54, 1.807) is 17.1 Å². The number of ether oxygens (including phenoxy) is 1. The summed E-state index contributed by atoms with van der Waals surface area (Å²) in [5.41, 5.74) is 5.06. The summed E-state index contributed by atoms with van der Waals surface area (Å²) in [7, 11) is 0. The Balaban J connectivity index is 0.000000293. The van der Waals surface area contributed by atoms with Crippen molar-refractivity contribution in [3.63, 3.8) is 0 Å². The molecular formula is C17H30N6O2. The van der Waals surface area contributed by atoms with Gasteiger partial charge >= 0.3 is 6.09 Å². The van der Waals surface area contributed by atoms with Crippen molar-refractivity contribution in [3.05, 3.63) is 36.9 Å². The van der Waals surface area contributed by atoms with Gasteiger partial charge in [-0.2, -0.15) is 10.2 Å². The van der Waals surface area contributed by atoms with Crippen LogP contribution >= 0.6 is 0 Å². The van der Waals surface area contributed by atoms with E-state index >= 15 is 0 Å². The molecule has 0 radical (unpaired) electrons. The van der Waals surface area contributed by atoms with Gasteiger partial charge in [-0.1, -0.05) is 0 Å². The second kappa shape index (κ2) is 9.83. The van der Waals surface area contributed by atoms with Gasteiger partial charge in [0.2, 0.25) is 0 Å². The van der Waals surface area contributed by atoms with E-state index in [0.717, 1.165) is 6.54 Å². The molecule has 2 aromatic heterocycles. The minimum Gasteiger partial charge on any atom is -0.444 e. The van der Waals surface area contributed by atoms with Crippen molar-refractivity contribution < 1.29 is 9.53 Å². The molecule has 2 aromatic rings. The summed E-state index contributed by atoms with van der Waals surface area (Å²) >= 11 is 0. The van der Waals surface area contributed by atoms with Gasteiger partial charge in [-0.15, -0.1) is 0 Å². The Morgan fingerprint density at radius 3 is 2.04 bits per heavy atom. The highest BCUT2D eigenvalue weighted by Gasteiger charge is 2.17. The maximum Gasteiger partial charge on any atom is 0.407 e. The van der Waals surface area contributed by atoms with Gasteiger partial charge in [0.1, 0.15) is 5.60 Å². The average Bonchev–Trinajstić information content (AvgIpc) is 3.09. The Hall–Kier alpha value is -2.35. The summed E-state index contributed by atoms with van der Waals surface area (Å²) in [6.07, 6.45) is 6.83. The second-order valence-corrected chi connectivity index (χ2v) is 6.98. The Labute approximate surface area is 149 Å². The molecule has 8 heteroatoms. The number of aromatic nitrogens is 4. The number of alkyl carbamates (subject to hydrolysis) is 1. The Bertz CT molecular complexity index is 587. The summed E-state index contributed by atoms with van der Waals surface area (Å²) in [5, 5.41) is 10.8. The minimum absolute atomic E-state index is 0.0188. The maximum absolute atomic E-state index is 11.4. The van der Waals surface area contributed by atoms with Crippen molar-refractivity contribution in [1.82, 2.24) is 24.9 Å². The van der Waals surface area contributed by atoms with Gasteiger partial charge in [0.05, 0.1) is 13.1 Å². The zero-order valence-electron chi connectivity index (χ0n) is 15.7. The summed E-state index contributed by atoms with van der Waals surface area (Å²) in [5.74, 6) is 0. The van der Waals surface area contributed by atoms with Crippen LogP contribution in [0.1, 0.15) is 34.6 Å². The van der Waals surface area contributed by atoms with Crippen LogP contribution < -0.4 is 11.1 Å². The molecule has 0 bridgehead atoms. The summed E-state index contributed by atoms with van der Waals surface area (Å²) in [6.45, 7) is 10.8. The van der Waals surface area contributed by atoms with Gasteiger partial charge in [0, 0.05) is 36.9 Å². The third-order valence-electron chi connectivity index (χ3n) is 2.82. The number of hydrogen-bond donors (Lipinski definition) is 2. The first-order valence-corrected chi connectivity index (χ1v) is 8.35. The normalized spacial score (nSPS) is 13.4. The Kier molecular flexibility index (Phi) is 8.13. The molecule has 0 spiro atoms. The molecule has 0 saturated heterocycles. The number of carbonyl (C=O) groups excluding carboxylic acids is 1. The molecule has 8 nitrogen and oxygen atoms in total. The molecule has 0 aliphatic carbocycles. The molecule has 0 saturated carbocycles. The number of carbonyl (C=O) groups is 1. The lowest BCUT2D eigenvalue weighted by Gasteiger charge is -2.21. The van der Waals surface area contributed by atoms with E-state index in [4.69, 9.17) is 10.5 Å². The van der Waals surface area contributed by atoms with E-state index in [0.29, 0.717) is 6.54 Å². The lowest BCUT2D eigenvalue weighted by atomic mass is 10.2. The van der Waals surface area contributed by atoms with Gasteiger partial charge in [0.15, 0.2) is 0 Å². The van der Waals surface area contributed by atoms with Gasteiger partial charge in [0.25, 0.3) is 0 Å². The van der Waals surface area contributed by atoms with E-state index < -0.39 is 11.7 Å². The van der Waals surface area contributed by atoms with Gasteiger partial charge in [-0.05, 0) is 46.8 Å². The fourth-order valence-electron chi connectivity index (χ4n) is 1.95. The molecular weight excluding hydrogens is 320 g/mol. The van der Waals surface area contributed by atoms with E-state index in [9.17, 15) is 4.79 Å². The predicted octanol–water partition coefficient (Wildman–Crippen LogP) is 2.03. The van der Waals surface area contributed by atoms with Crippen LogP contribution in [0.5, 0.6) is 0 Å². The van der Waals surface area contributed by atoms with Crippen molar-refractivity contribution in [2.45, 2.75) is 65.4 Å². The van der Waals surface area contributed by atoms with Gasteiger partial charge < -0.3 is 15.8 Å². The number of amides is 1. The zero-order valence-corrected chi connectivity index (χ0v) is 15.7. The highest BCUT2D eigenvalue weighted by atomic mass is 16.6. The summed E-state index contributed by atoms with van der Waals surface area (Å²) < 4.78 is 8.74. The summed E-state index contributed by atoms with van der Waals surface area (Å²) in [4.78, 5) is 11.4. The predicted molar refractivity (Wildman–Crippen MR) is 96.9 cm³/mol. The van der Waals surface area contributed by atoms with Crippen LogP contribution in [0.3, 0.4) is 0 Å². The molecule has 2 heterocycles. The van der Waals surface area contributed by atoms with E-state index in [1.807, 2.05) is 63.8 Å². The molecule has 0 unspecified atom stereocenters. The van der Waals surface area contributed by atoms with Crippen molar-refractivity contribution >= 4 is 6.09 Å². The Morgan fingerprint density at radius 2 is 1.64 bits per heavy atom. The van der Waals surface area contributed by atoms with E-state index in [1.165, 1.54) is 0 Å². The quantitative estimate of drug-likeness (QED) is 0.859. The van der Waals surface area contributed by atoms with Crippen LogP contribution in [0.25, 0.3) is 0 Å². The first-order valence-electron chi connectivity index (χ1n) is 8.35. The Morgan fingerprint density at radius 1 is 1.12 bits per heavy atom. The first kappa shape index (κ1) is 20.7. The maximum atomic E-state index is 11.4. The van der Waals surface area contributed by atoms with Crippen molar-refractivity contribution in [2.75, 3.05) is 0 Å². The van der Waals surface area contributed by atoms with Crippen LogP contribution in [0.2, 0.25) is 0 Å². The zero-order chi connectivity index (χ0) is 18.9. The minimum atomic E-state index is -0.463. The fraction of sp³-hybridized carbons (Fsp3) is 0.588. The van der Waals surface area contributed by atoms with Crippen LogP contribution in [0, 0.1) is 0 Å². The topological polar surface area (TPSA) is 100.0 Å². The third-order valence-corrected chi connectivity index (χ3v) is 2.82. The molecule has 25 heavy (non-hydrogen) atoms. The van der Waals surface area contributed by atoms with E-state index in [2.05, 4.69) is 15.5 Å². The third kappa shape index (κ3) is 10.2. The standard InChI is InChI=1S/C11H19N3O2.C6H11N3/c1-9(8-14-7-5-6-12-14)13-10(15)16-11(2,3)4;1-6(7)5-9-4-2-3-8-9/h5-7,9H,8H2,1-4H3,(H,13,15);2-4,6H,5,7H2,1H3/t9-;6-/m11/s1. The molecule has 140 valence electrons. The smallest absolute Gasteiger partial charge is 0.407 e. The lowest BCUT2D eigenvalue weighted by molar-refractivity contribution is 0.0503. The molecule has 0 aliphatic rings. The largest absolute Gasteiger partial charge is 0.444 e. The fourth-order valence-corrected chi connectivity index (χ4v) is 1.95. The highest BCUT2D eigenvalue weighted by Crippen LogP contribution is 2.06. The molecule has 0 aliphatic heterocycles. The highest BCUT2D eigenvalue weighted by molar-refractivity contribution is 5.67. The van der Waals surface area contributed by atoms with Crippen LogP contribution in [-0.4, -0.2) is 43.3 Å². The molecule has 0 fully saturated rings. The number of nitrogens with zero attached hydrogens (tertiary/aromatic N) is 4. The number of nitrogens with two attached hydrogens (primary N) is 1. The van der Waals surface area contributed by atoms with Crippen molar-refractivity contribution in [2.24, 2.45) is 5.73 Å². The average molecular weight is 350 g/mol. The van der Waals surface area contributed by atoms with Crippen LogP contribution in [-0.2, 0) is 17.8 Å². The number of nitrogens with one attached hydrogen (secondary N) is 1. The second-order valence-electron chi connectivity index (χ2n) is 6.98. The monoisotopic (exact) mass is 350 g/mol. The van der Waals surface area contributed by atoms with Crippen molar-refractivity contribution in [3.8, 4) is 0 Å². The molecule has 2 rings (SSSR count). The first-order chi connectivity index (χ1) is 11.7. The number of hydrogen-bond acceptors (Lipinski definition) is 5. The van der Waals surface area contributed by atoms with Crippen LogP contribution in [0.15, 0.2) is 36.9 Å². The summed E-state index contributed by atoms with van der Waals surface area (Å²) in [6, 6.07) is 3.91. The molecule has 2 atom stereocenters.